The van der Waals surface area contributed by atoms with Crippen LogP contribution in [-0.4, -0.2) is 29.3 Å². The Morgan fingerprint density at radius 1 is 1.40 bits per heavy atom. The summed E-state index contributed by atoms with van der Waals surface area (Å²) in [5.74, 6) is -0.203. The monoisotopic (exact) mass is 212 g/mol. The number of aliphatic hydroxyl groups excluding tert-OH is 1. The molecule has 0 saturated heterocycles. The van der Waals surface area contributed by atoms with E-state index in [1.54, 1.807) is 0 Å². The molecule has 0 aromatic carbocycles. The summed E-state index contributed by atoms with van der Waals surface area (Å²) in [7, 11) is 0. The Labute approximate surface area is 88.5 Å². The fraction of sp³-hybridized carbons (Fsp3) is 0.600. The lowest BCUT2D eigenvalue weighted by Crippen LogP contribution is -2.24. The van der Waals surface area contributed by atoms with E-state index in [0.29, 0.717) is 12.2 Å². The molecule has 0 aliphatic rings. The molecule has 0 atom stereocenters. The highest BCUT2D eigenvalue weighted by Crippen LogP contribution is 1.98. The van der Waals surface area contributed by atoms with Crippen LogP contribution in [0, 0.1) is 0 Å². The van der Waals surface area contributed by atoms with Crippen LogP contribution in [0.3, 0.4) is 0 Å². The van der Waals surface area contributed by atoms with Gasteiger partial charge in [-0.05, 0) is 12.8 Å². The SMILES string of the molecule is O=C(NCCCCCCO)c1ccon1. The summed E-state index contributed by atoms with van der Waals surface area (Å²) < 4.78 is 4.56. The number of carbonyl (C=O) groups is 1. The van der Waals surface area contributed by atoms with Crippen molar-refractivity contribution in [1.82, 2.24) is 10.5 Å². The van der Waals surface area contributed by atoms with E-state index in [2.05, 4.69) is 15.0 Å². The van der Waals surface area contributed by atoms with Crippen molar-refractivity contribution in [2.75, 3.05) is 13.2 Å². The Morgan fingerprint density at radius 3 is 2.87 bits per heavy atom. The zero-order valence-electron chi connectivity index (χ0n) is 8.61. The third kappa shape index (κ3) is 4.60. The highest BCUT2D eigenvalue weighted by atomic mass is 16.5. The van der Waals surface area contributed by atoms with Crippen LogP contribution in [0.4, 0.5) is 0 Å². The number of nitrogens with one attached hydrogen (secondary N) is 1. The van der Waals surface area contributed by atoms with Crippen LogP contribution in [0.1, 0.15) is 36.2 Å². The molecule has 1 aromatic rings. The molecule has 84 valence electrons. The van der Waals surface area contributed by atoms with E-state index in [0.717, 1.165) is 25.7 Å². The molecule has 5 heteroatoms. The van der Waals surface area contributed by atoms with Crippen LogP contribution in [0.2, 0.25) is 0 Å². The number of carbonyl (C=O) groups excluding carboxylic acids is 1. The van der Waals surface area contributed by atoms with E-state index in [-0.39, 0.29) is 12.5 Å². The average Bonchev–Trinajstić information content (AvgIpc) is 2.76. The number of amides is 1. The number of hydrogen-bond donors (Lipinski definition) is 2. The first kappa shape index (κ1) is 11.7. The Balaban J connectivity index is 2.03. The summed E-state index contributed by atoms with van der Waals surface area (Å²) >= 11 is 0. The standard InChI is InChI=1S/C10H16N2O3/c13-7-4-2-1-3-6-11-10(14)9-5-8-15-12-9/h5,8,13H,1-4,6-7H2,(H,11,14). The largest absolute Gasteiger partial charge is 0.396 e. The van der Waals surface area contributed by atoms with Gasteiger partial charge >= 0.3 is 0 Å². The summed E-state index contributed by atoms with van der Waals surface area (Å²) in [5.41, 5.74) is 0.311. The second kappa shape index (κ2) is 7.00. The lowest BCUT2D eigenvalue weighted by atomic mass is 10.2. The van der Waals surface area contributed by atoms with Crippen molar-refractivity contribution >= 4 is 5.91 Å². The van der Waals surface area contributed by atoms with Crippen LogP contribution >= 0.6 is 0 Å². The smallest absolute Gasteiger partial charge is 0.273 e. The average molecular weight is 212 g/mol. The normalized spacial score (nSPS) is 10.2. The maximum Gasteiger partial charge on any atom is 0.273 e. The van der Waals surface area contributed by atoms with Gasteiger partial charge in [0.1, 0.15) is 6.26 Å². The molecule has 0 aliphatic heterocycles. The first-order valence-electron chi connectivity index (χ1n) is 5.14. The summed E-state index contributed by atoms with van der Waals surface area (Å²) in [6.07, 6.45) is 5.13. The minimum Gasteiger partial charge on any atom is -0.396 e. The quantitative estimate of drug-likeness (QED) is 0.660. The number of hydrogen-bond acceptors (Lipinski definition) is 4. The Hall–Kier alpha value is -1.36. The molecule has 1 heterocycles. The molecule has 1 aromatic heterocycles. The molecule has 5 nitrogen and oxygen atoms in total. The zero-order valence-corrected chi connectivity index (χ0v) is 8.61. The van der Waals surface area contributed by atoms with Crippen molar-refractivity contribution in [2.24, 2.45) is 0 Å². The van der Waals surface area contributed by atoms with E-state index in [4.69, 9.17) is 5.11 Å². The molecular weight excluding hydrogens is 196 g/mol. The van der Waals surface area contributed by atoms with E-state index < -0.39 is 0 Å². The maximum atomic E-state index is 11.3. The van der Waals surface area contributed by atoms with Gasteiger partial charge in [-0.2, -0.15) is 0 Å². The molecule has 1 rings (SSSR count). The minimum absolute atomic E-state index is 0.203. The van der Waals surface area contributed by atoms with Gasteiger partial charge in [-0.3, -0.25) is 4.79 Å². The van der Waals surface area contributed by atoms with Gasteiger partial charge in [-0.1, -0.05) is 18.0 Å². The second-order valence-electron chi connectivity index (χ2n) is 3.28. The first-order valence-corrected chi connectivity index (χ1v) is 5.14. The fourth-order valence-corrected chi connectivity index (χ4v) is 1.21. The zero-order chi connectivity index (χ0) is 10.9. The number of rotatable bonds is 7. The van der Waals surface area contributed by atoms with Crippen LogP contribution < -0.4 is 5.32 Å². The third-order valence-electron chi connectivity index (χ3n) is 2.04. The van der Waals surface area contributed by atoms with Crippen molar-refractivity contribution in [3.63, 3.8) is 0 Å². The highest BCUT2D eigenvalue weighted by Gasteiger charge is 2.06. The van der Waals surface area contributed by atoms with Crippen LogP contribution in [0.15, 0.2) is 16.9 Å². The number of unbranched alkanes of at least 4 members (excludes halogenated alkanes) is 3. The Kier molecular flexibility index (Phi) is 5.47. The third-order valence-corrected chi connectivity index (χ3v) is 2.04. The second-order valence-corrected chi connectivity index (χ2v) is 3.28. The van der Waals surface area contributed by atoms with E-state index >= 15 is 0 Å². The fourth-order valence-electron chi connectivity index (χ4n) is 1.21. The predicted octanol–water partition coefficient (Wildman–Crippen LogP) is 0.957. The van der Waals surface area contributed by atoms with Crippen LogP contribution in [-0.2, 0) is 0 Å². The summed E-state index contributed by atoms with van der Waals surface area (Å²) in [6.45, 7) is 0.877. The van der Waals surface area contributed by atoms with Gasteiger partial charge in [0.05, 0.1) is 0 Å². The van der Waals surface area contributed by atoms with Crippen molar-refractivity contribution in [1.29, 1.82) is 0 Å². The topological polar surface area (TPSA) is 75.4 Å². The molecule has 1 amide bonds. The number of aliphatic hydroxyl groups is 1. The van der Waals surface area contributed by atoms with Crippen molar-refractivity contribution in [3.05, 3.63) is 18.0 Å². The van der Waals surface area contributed by atoms with Crippen molar-refractivity contribution in [3.8, 4) is 0 Å². The molecule has 0 bridgehead atoms. The lowest BCUT2D eigenvalue weighted by molar-refractivity contribution is 0.0944. The molecule has 0 aliphatic carbocycles. The van der Waals surface area contributed by atoms with Crippen LogP contribution in [0.5, 0.6) is 0 Å². The van der Waals surface area contributed by atoms with Crippen LogP contribution in [0.25, 0.3) is 0 Å². The maximum absolute atomic E-state index is 11.3. The van der Waals surface area contributed by atoms with E-state index in [1.807, 2.05) is 0 Å². The van der Waals surface area contributed by atoms with Gasteiger partial charge in [0.15, 0.2) is 5.69 Å². The van der Waals surface area contributed by atoms with Gasteiger partial charge in [0, 0.05) is 19.2 Å². The summed E-state index contributed by atoms with van der Waals surface area (Å²) in [5, 5.41) is 14.8. The lowest BCUT2D eigenvalue weighted by Gasteiger charge is -2.02. The minimum atomic E-state index is -0.203. The predicted molar refractivity (Wildman–Crippen MR) is 54.4 cm³/mol. The Morgan fingerprint density at radius 2 is 2.20 bits per heavy atom. The van der Waals surface area contributed by atoms with Gasteiger partial charge < -0.3 is 14.9 Å². The molecule has 0 spiro atoms. The first-order chi connectivity index (χ1) is 7.34. The van der Waals surface area contributed by atoms with Gasteiger partial charge in [0.2, 0.25) is 0 Å². The molecule has 0 saturated carbocycles. The van der Waals surface area contributed by atoms with Crippen molar-refractivity contribution in [2.45, 2.75) is 25.7 Å². The molecular formula is C10H16N2O3. The molecule has 0 unspecified atom stereocenters. The Bertz CT molecular complexity index is 272. The van der Waals surface area contributed by atoms with E-state index in [9.17, 15) is 4.79 Å². The molecule has 15 heavy (non-hydrogen) atoms. The molecule has 0 radical (unpaired) electrons. The summed E-state index contributed by atoms with van der Waals surface area (Å²) in [4.78, 5) is 11.3. The molecule has 0 fully saturated rings. The van der Waals surface area contributed by atoms with E-state index in [1.165, 1.54) is 12.3 Å². The van der Waals surface area contributed by atoms with Gasteiger partial charge in [0.25, 0.3) is 5.91 Å². The summed E-state index contributed by atoms with van der Waals surface area (Å²) in [6, 6.07) is 1.53. The highest BCUT2D eigenvalue weighted by molar-refractivity contribution is 5.91. The van der Waals surface area contributed by atoms with Gasteiger partial charge in [-0.25, -0.2) is 0 Å². The number of nitrogens with zero attached hydrogens (tertiary/aromatic N) is 1. The van der Waals surface area contributed by atoms with Crippen molar-refractivity contribution < 1.29 is 14.4 Å². The molecule has 2 N–H and O–H groups in total. The number of aromatic nitrogens is 1. The van der Waals surface area contributed by atoms with Gasteiger partial charge in [-0.15, -0.1) is 0 Å².